The van der Waals surface area contributed by atoms with Gasteiger partial charge in [0.25, 0.3) is 0 Å². The van der Waals surface area contributed by atoms with Crippen molar-refractivity contribution in [2.75, 3.05) is 0 Å². The number of hydrogen-bond donors (Lipinski definition) is 4. The predicted octanol–water partition coefficient (Wildman–Crippen LogP) is 2.22. The number of carbonyl (C=O) groups excluding carboxylic acids is 1. The summed E-state index contributed by atoms with van der Waals surface area (Å²) < 4.78 is 0. The molecular weight excluding hydrogens is 336 g/mol. The molecule has 0 spiro atoms. The Morgan fingerprint density at radius 2 is 1.96 bits per heavy atom. The zero-order valence-corrected chi connectivity index (χ0v) is 15.5. The SMILES string of the molecule is C[C@@H](O)CCC[C@H](O)/C=C\[C@H]1[C@H](O)CC(=O)[C@@H]1C/C=C\CCCC(=O)O. The van der Waals surface area contributed by atoms with Crippen LogP contribution in [0, 0.1) is 11.8 Å². The zero-order chi connectivity index (χ0) is 19.5. The van der Waals surface area contributed by atoms with E-state index in [-0.39, 0.29) is 36.6 Å². The summed E-state index contributed by atoms with van der Waals surface area (Å²) in [6.07, 6.45) is 9.23. The highest BCUT2D eigenvalue weighted by Gasteiger charge is 2.39. The van der Waals surface area contributed by atoms with E-state index in [1.807, 2.05) is 12.2 Å². The third-order valence-electron chi connectivity index (χ3n) is 4.73. The summed E-state index contributed by atoms with van der Waals surface area (Å²) in [5.74, 6) is -1.41. The number of aliphatic carboxylic acids is 1. The molecule has 0 aromatic carbocycles. The molecule has 0 heterocycles. The number of rotatable bonds is 12. The van der Waals surface area contributed by atoms with Crippen LogP contribution in [0.2, 0.25) is 0 Å². The minimum Gasteiger partial charge on any atom is -0.481 e. The van der Waals surface area contributed by atoms with Gasteiger partial charge in [-0.25, -0.2) is 0 Å². The van der Waals surface area contributed by atoms with E-state index < -0.39 is 18.2 Å². The molecule has 6 nitrogen and oxygen atoms in total. The smallest absolute Gasteiger partial charge is 0.303 e. The summed E-state index contributed by atoms with van der Waals surface area (Å²) in [5, 5.41) is 37.9. The van der Waals surface area contributed by atoms with Crippen LogP contribution >= 0.6 is 0 Å². The highest BCUT2D eigenvalue weighted by Crippen LogP contribution is 2.33. The van der Waals surface area contributed by atoms with E-state index in [0.717, 1.165) is 0 Å². The van der Waals surface area contributed by atoms with Crippen LogP contribution in [0.5, 0.6) is 0 Å². The van der Waals surface area contributed by atoms with Crippen LogP contribution in [-0.2, 0) is 9.59 Å². The van der Waals surface area contributed by atoms with Gasteiger partial charge in [0.05, 0.1) is 18.3 Å². The molecule has 0 radical (unpaired) electrons. The molecule has 0 unspecified atom stereocenters. The number of carboxylic acids is 1. The fraction of sp³-hybridized carbons (Fsp3) is 0.700. The van der Waals surface area contributed by atoms with E-state index in [1.165, 1.54) is 0 Å². The molecule has 1 rings (SSSR count). The third-order valence-corrected chi connectivity index (χ3v) is 4.73. The quantitative estimate of drug-likeness (QED) is 0.310. The van der Waals surface area contributed by atoms with Crippen molar-refractivity contribution in [3.8, 4) is 0 Å². The second-order valence-electron chi connectivity index (χ2n) is 7.15. The Morgan fingerprint density at radius 3 is 2.62 bits per heavy atom. The Labute approximate surface area is 155 Å². The molecule has 6 heteroatoms. The lowest BCUT2D eigenvalue weighted by Crippen LogP contribution is -2.18. The maximum Gasteiger partial charge on any atom is 0.303 e. The largest absolute Gasteiger partial charge is 0.481 e. The van der Waals surface area contributed by atoms with Gasteiger partial charge in [-0.15, -0.1) is 0 Å². The summed E-state index contributed by atoms with van der Waals surface area (Å²) in [6, 6.07) is 0. The first-order valence-electron chi connectivity index (χ1n) is 9.43. The summed E-state index contributed by atoms with van der Waals surface area (Å²) in [6.45, 7) is 1.71. The molecule has 0 saturated heterocycles. The molecule has 26 heavy (non-hydrogen) atoms. The molecule has 0 bridgehead atoms. The lowest BCUT2D eigenvalue weighted by atomic mass is 9.90. The first-order chi connectivity index (χ1) is 12.3. The van der Waals surface area contributed by atoms with Crippen molar-refractivity contribution in [2.24, 2.45) is 11.8 Å². The van der Waals surface area contributed by atoms with Gasteiger partial charge in [-0.1, -0.05) is 24.3 Å². The standard InChI is InChI=1S/C20H32O6/c1-14(21)7-6-8-15(22)11-12-17-16(18(23)13-19(17)24)9-4-2-3-5-10-20(25)26/h2,4,11-12,14-17,19,21-22,24H,3,5-10,13H2,1H3,(H,25,26)/b4-2-,12-11-/t14-,15+,16-,17-,19-/m1/s1. The molecule has 0 aromatic rings. The first-order valence-corrected chi connectivity index (χ1v) is 9.43. The minimum atomic E-state index is -0.815. The van der Waals surface area contributed by atoms with Crippen LogP contribution in [0.3, 0.4) is 0 Å². The van der Waals surface area contributed by atoms with Crippen LogP contribution in [-0.4, -0.2) is 50.5 Å². The number of unbranched alkanes of at least 4 members (excludes halogenated alkanes) is 1. The van der Waals surface area contributed by atoms with Gasteiger partial charge in [0.1, 0.15) is 5.78 Å². The summed E-state index contributed by atoms with van der Waals surface area (Å²) in [4.78, 5) is 22.6. The van der Waals surface area contributed by atoms with Gasteiger partial charge in [-0.05, 0) is 45.4 Å². The van der Waals surface area contributed by atoms with Crippen molar-refractivity contribution in [1.82, 2.24) is 0 Å². The number of carbonyl (C=O) groups is 2. The predicted molar refractivity (Wildman–Crippen MR) is 98.5 cm³/mol. The molecule has 5 atom stereocenters. The van der Waals surface area contributed by atoms with Crippen LogP contribution in [0.4, 0.5) is 0 Å². The van der Waals surface area contributed by atoms with Crippen LogP contribution in [0.1, 0.15) is 58.3 Å². The van der Waals surface area contributed by atoms with Crippen molar-refractivity contribution in [3.05, 3.63) is 24.3 Å². The Balaban J connectivity index is 2.47. The van der Waals surface area contributed by atoms with E-state index in [1.54, 1.807) is 19.1 Å². The molecule has 4 N–H and O–H groups in total. The molecular formula is C20H32O6. The van der Waals surface area contributed by atoms with Gasteiger partial charge in [0.2, 0.25) is 0 Å². The van der Waals surface area contributed by atoms with Crippen molar-refractivity contribution in [3.63, 3.8) is 0 Å². The van der Waals surface area contributed by atoms with Gasteiger partial charge in [0.15, 0.2) is 0 Å². The van der Waals surface area contributed by atoms with Crippen LogP contribution < -0.4 is 0 Å². The number of carboxylic acid groups (broad SMARTS) is 1. The fourth-order valence-corrected chi connectivity index (χ4v) is 3.23. The lowest BCUT2D eigenvalue weighted by molar-refractivity contribution is -0.137. The maximum atomic E-state index is 12.1. The molecule has 1 aliphatic carbocycles. The van der Waals surface area contributed by atoms with Crippen LogP contribution in [0.25, 0.3) is 0 Å². The summed E-state index contributed by atoms with van der Waals surface area (Å²) in [5.41, 5.74) is 0. The molecule has 0 amide bonds. The summed E-state index contributed by atoms with van der Waals surface area (Å²) in [7, 11) is 0. The third kappa shape index (κ3) is 8.74. The highest BCUT2D eigenvalue weighted by molar-refractivity contribution is 5.84. The van der Waals surface area contributed by atoms with E-state index >= 15 is 0 Å². The average molecular weight is 368 g/mol. The average Bonchev–Trinajstić information content (AvgIpc) is 2.81. The fourth-order valence-electron chi connectivity index (χ4n) is 3.23. The molecule has 148 valence electrons. The van der Waals surface area contributed by atoms with Gasteiger partial charge >= 0.3 is 5.97 Å². The Hall–Kier alpha value is -1.50. The second kappa shape index (κ2) is 12.0. The number of allylic oxidation sites excluding steroid dienone is 2. The molecule has 1 aliphatic rings. The molecule has 0 aromatic heterocycles. The number of hydrogen-bond acceptors (Lipinski definition) is 5. The zero-order valence-electron chi connectivity index (χ0n) is 15.5. The van der Waals surface area contributed by atoms with Gasteiger partial charge in [-0.3, -0.25) is 9.59 Å². The van der Waals surface area contributed by atoms with Crippen molar-refractivity contribution < 1.29 is 30.0 Å². The van der Waals surface area contributed by atoms with E-state index in [4.69, 9.17) is 5.11 Å². The number of aliphatic hydroxyl groups excluding tert-OH is 3. The van der Waals surface area contributed by atoms with Crippen molar-refractivity contribution in [1.29, 1.82) is 0 Å². The Bertz CT molecular complexity index is 497. The highest BCUT2D eigenvalue weighted by atomic mass is 16.4. The lowest BCUT2D eigenvalue weighted by Gasteiger charge is -2.16. The van der Waals surface area contributed by atoms with Gasteiger partial charge in [0, 0.05) is 24.7 Å². The topological polar surface area (TPSA) is 115 Å². The van der Waals surface area contributed by atoms with Crippen molar-refractivity contribution >= 4 is 11.8 Å². The normalized spacial score (nSPS) is 26.0. The van der Waals surface area contributed by atoms with E-state index in [2.05, 4.69) is 0 Å². The van der Waals surface area contributed by atoms with Crippen molar-refractivity contribution in [2.45, 2.75) is 76.6 Å². The van der Waals surface area contributed by atoms with Crippen LogP contribution in [0.15, 0.2) is 24.3 Å². The van der Waals surface area contributed by atoms with E-state index in [9.17, 15) is 24.9 Å². The maximum absolute atomic E-state index is 12.1. The second-order valence-corrected chi connectivity index (χ2v) is 7.15. The molecule has 0 aliphatic heterocycles. The van der Waals surface area contributed by atoms with E-state index in [0.29, 0.717) is 38.5 Å². The summed E-state index contributed by atoms with van der Waals surface area (Å²) >= 11 is 0. The Kier molecular flexibility index (Phi) is 10.4. The first kappa shape index (κ1) is 22.5. The monoisotopic (exact) mass is 368 g/mol. The Morgan fingerprint density at radius 1 is 1.23 bits per heavy atom. The minimum absolute atomic E-state index is 0.0194. The van der Waals surface area contributed by atoms with Gasteiger partial charge in [-0.2, -0.15) is 0 Å². The molecule has 1 saturated carbocycles. The molecule has 1 fully saturated rings. The van der Waals surface area contributed by atoms with Gasteiger partial charge < -0.3 is 20.4 Å². The number of Topliss-reactive ketones (excluding diaryl/α,β-unsaturated/α-hetero) is 1. The number of aliphatic hydroxyl groups is 3. The number of ketones is 1.